The van der Waals surface area contributed by atoms with Crippen LogP contribution < -0.4 is 15.8 Å². The van der Waals surface area contributed by atoms with Crippen molar-refractivity contribution in [2.24, 2.45) is 29.4 Å². The molecular weight excluding hydrogens is 841 g/mol. The van der Waals surface area contributed by atoms with E-state index in [2.05, 4.69) is 10.2 Å². The van der Waals surface area contributed by atoms with Gasteiger partial charge in [0.25, 0.3) is 11.7 Å². The zero-order valence-electron chi connectivity index (χ0n) is 38.8. The highest BCUT2D eigenvalue weighted by Gasteiger charge is 2.54. The second-order valence-electron chi connectivity index (χ2n) is 18.4. The summed E-state index contributed by atoms with van der Waals surface area (Å²) in [6, 6.07) is 0. The number of likely N-dealkylation sites (tertiary alicyclic amines) is 2. The van der Waals surface area contributed by atoms with Crippen molar-refractivity contribution in [3.8, 4) is 11.5 Å². The summed E-state index contributed by atoms with van der Waals surface area (Å²) in [5.74, 6) is -9.98. The van der Waals surface area contributed by atoms with Crippen molar-refractivity contribution >= 4 is 35.1 Å². The molecule has 0 unspecified atom stereocenters. The molecule has 1 aliphatic carbocycles. The number of piperidine rings is 2. The Hall–Kier alpha value is -5.36. The van der Waals surface area contributed by atoms with Gasteiger partial charge < -0.3 is 50.2 Å². The van der Waals surface area contributed by atoms with E-state index in [0.717, 1.165) is 19.3 Å². The minimum absolute atomic E-state index is 0.0261. The van der Waals surface area contributed by atoms with Crippen LogP contribution in [0.4, 0.5) is 0 Å². The number of ketones is 3. The number of aliphatic hydroxyl groups excluding tert-OH is 2. The summed E-state index contributed by atoms with van der Waals surface area (Å²) in [6.07, 6.45) is 6.56. The molecule has 1 aromatic rings. The van der Waals surface area contributed by atoms with Gasteiger partial charge in [-0.25, -0.2) is 0 Å². The summed E-state index contributed by atoms with van der Waals surface area (Å²) in [5, 5.41) is 37.4. The first-order valence-electron chi connectivity index (χ1n) is 22.5. The lowest BCUT2D eigenvalue weighted by Gasteiger charge is -2.49. The van der Waals surface area contributed by atoms with Gasteiger partial charge in [0.1, 0.15) is 34.5 Å². The van der Waals surface area contributed by atoms with Crippen molar-refractivity contribution in [3.63, 3.8) is 0 Å². The van der Waals surface area contributed by atoms with Crippen molar-refractivity contribution < 1.29 is 63.0 Å². The number of primary amides is 1. The molecule has 0 spiro atoms. The number of hydrogen-bond donors (Lipinski definition) is 5. The molecule has 65 heavy (non-hydrogen) atoms. The number of hydrogen-bond acceptors (Lipinski definition) is 15. The predicted molar refractivity (Wildman–Crippen MR) is 236 cm³/mol. The van der Waals surface area contributed by atoms with E-state index in [9.17, 15) is 39.3 Å². The van der Waals surface area contributed by atoms with Crippen molar-refractivity contribution in [2.45, 2.75) is 123 Å². The van der Waals surface area contributed by atoms with Crippen molar-refractivity contribution in [2.75, 3.05) is 33.3 Å². The number of ether oxygens (including phenoxy) is 4. The molecule has 7 rings (SSSR count). The Labute approximate surface area is 379 Å². The summed E-state index contributed by atoms with van der Waals surface area (Å²) >= 11 is 0. The fraction of sp³-hybridized carbons (Fsp3) is 0.583. The fourth-order valence-corrected chi connectivity index (χ4v) is 10.1. The molecule has 2 amide bonds. The van der Waals surface area contributed by atoms with E-state index in [1.54, 1.807) is 44.7 Å². The zero-order valence-corrected chi connectivity index (χ0v) is 38.8. The van der Waals surface area contributed by atoms with Gasteiger partial charge in [0, 0.05) is 68.9 Å². The SMILES string of the molecule is CO[C@H]1/C=C/O[C@@]2(C)Oc3c(C)c(O)c4c(c3C2=O)C(=O)C(N2CCC(C(N)=O)(N3CCCCC3)CC2)=C(NC(=O)/C(C)=C\C=C\[C@H](C)[C@H](O)[C@@H](C)[C@H](O)[C@H](C)[C@H](OC(C)=O)[C@@H]1C)C4=O. The number of esters is 1. The zero-order chi connectivity index (χ0) is 47.9. The highest BCUT2D eigenvalue weighted by molar-refractivity contribution is 6.32. The largest absolute Gasteiger partial charge is 0.507 e. The fourth-order valence-electron chi connectivity index (χ4n) is 10.1. The number of Topliss-reactive ketones (excluding diaryl/α,β-unsaturated/α-hetero) is 3. The van der Waals surface area contributed by atoms with Crippen LogP contribution in [-0.4, -0.2) is 129 Å². The maximum Gasteiger partial charge on any atom is 0.312 e. The number of aromatic hydroxyl groups is 1. The summed E-state index contributed by atoms with van der Waals surface area (Å²) in [6.45, 7) is 13.9. The van der Waals surface area contributed by atoms with Gasteiger partial charge in [0.15, 0.2) is 0 Å². The molecule has 5 bridgehead atoms. The number of nitrogens with one attached hydrogen (secondary N) is 1. The van der Waals surface area contributed by atoms with E-state index in [1.807, 2.05) is 0 Å². The third-order valence-electron chi connectivity index (χ3n) is 14.3. The number of fused-ring (bicyclic) bond motifs is 14. The average molecular weight is 905 g/mol. The van der Waals surface area contributed by atoms with Gasteiger partial charge in [-0.15, -0.1) is 0 Å². The molecule has 2 fully saturated rings. The number of carbonyl (C=O) groups is 6. The van der Waals surface area contributed by atoms with E-state index in [-0.39, 0.29) is 54.1 Å². The average Bonchev–Trinajstić information content (AvgIpc) is 3.54. The number of allylic oxidation sites excluding steroid dienone is 4. The Balaban J connectivity index is 1.48. The topological polar surface area (TPSA) is 245 Å². The maximum atomic E-state index is 15.2. The van der Waals surface area contributed by atoms with Crippen molar-refractivity contribution in [1.82, 2.24) is 15.1 Å². The summed E-state index contributed by atoms with van der Waals surface area (Å²) in [5.41, 5.74) is 3.32. The Morgan fingerprint density at radius 3 is 2.12 bits per heavy atom. The number of aliphatic hydroxyl groups is 2. The first kappa shape index (κ1) is 49.1. The van der Waals surface area contributed by atoms with Gasteiger partial charge in [-0.1, -0.05) is 52.3 Å². The van der Waals surface area contributed by atoms with Crippen LogP contribution in [0.15, 0.2) is 47.5 Å². The monoisotopic (exact) mass is 904 g/mol. The van der Waals surface area contributed by atoms with Gasteiger partial charge in [0.05, 0.1) is 41.3 Å². The first-order valence-corrected chi connectivity index (χ1v) is 22.5. The highest BCUT2D eigenvalue weighted by atomic mass is 16.7. The smallest absolute Gasteiger partial charge is 0.312 e. The Kier molecular flexibility index (Phi) is 14.5. The molecule has 17 heteroatoms. The van der Waals surface area contributed by atoms with Crippen molar-refractivity contribution in [3.05, 3.63) is 69.8 Å². The summed E-state index contributed by atoms with van der Waals surface area (Å²) in [4.78, 5) is 88.0. The maximum absolute atomic E-state index is 15.2. The lowest BCUT2D eigenvalue weighted by molar-refractivity contribution is -0.160. The number of rotatable bonds is 5. The van der Waals surface area contributed by atoms with Gasteiger partial charge in [-0.3, -0.25) is 33.7 Å². The van der Waals surface area contributed by atoms with Crippen LogP contribution in [0.2, 0.25) is 0 Å². The van der Waals surface area contributed by atoms with Crippen LogP contribution in [0, 0.1) is 30.6 Å². The van der Waals surface area contributed by atoms with Crippen LogP contribution in [0.3, 0.4) is 0 Å². The third-order valence-corrected chi connectivity index (χ3v) is 14.3. The molecule has 0 saturated carbocycles. The number of phenolic OH excluding ortho intramolecular Hbond substituents is 1. The van der Waals surface area contributed by atoms with Crippen LogP contribution in [-0.2, 0) is 28.6 Å². The normalized spacial score (nSPS) is 33.3. The molecule has 0 radical (unpaired) electrons. The quantitative estimate of drug-likeness (QED) is 0.264. The second-order valence-corrected chi connectivity index (χ2v) is 18.4. The van der Waals surface area contributed by atoms with E-state index < -0.39 is 117 Å². The number of carbonyl (C=O) groups excluding carboxylic acids is 6. The number of methoxy groups -OCH3 is 1. The number of nitrogens with two attached hydrogens (primary N) is 1. The van der Waals surface area contributed by atoms with E-state index >= 15 is 4.79 Å². The molecule has 5 aliphatic heterocycles. The van der Waals surface area contributed by atoms with Gasteiger partial charge in [-0.2, -0.15) is 0 Å². The molecule has 9 atom stereocenters. The van der Waals surface area contributed by atoms with Crippen LogP contribution in [0.5, 0.6) is 11.5 Å². The molecule has 1 aromatic carbocycles. The molecule has 6 aliphatic rings. The minimum atomic E-state index is -2.13. The van der Waals surface area contributed by atoms with E-state index in [1.165, 1.54) is 53.2 Å². The predicted octanol–water partition coefficient (Wildman–Crippen LogP) is 3.76. The Morgan fingerprint density at radius 1 is 0.877 bits per heavy atom. The molecule has 2 saturated heterocycles. The number of nitrogens with zero attached hydrogens (tertiary/aromatic N) is 2. The Bertz CT molecular complexity index is 2230. The molecule has 6 N–H and O–H groups in total. The molecular formula is C48H64N4O13. The lowest BCUT2D eigenvalue weighted by Crippen LogP contribution is -2.63. The lowest BCUT2D eigenvalue weighted by atomic mass is 9.78. The highest BCUT2D eigenvalue weighted by Crippen LogP contribution is 2.49. The van der Waals surface area contributed by atoms with Crippen LogP contribution >= 0.6 is 0 Å². The number of amides is 2. The number of benzene rings is 1. The van der Waals surface area contributed by atoms with Gasteiger partial charge >= 0.3 is 11.8 Å². The molecule has 354 valence electrons. The number of phenols is 1. The van der Waals surface area contributed by atoms with E-state index in [4.69, 9.17) is 24.7 Å². The molecule has 17 nitrogen and oxygen atoms in total. The van der Waals surface area contributed by atoms with Crippen molar-refractivity contribution in [1.29, 1.82) is 0 Å². The summed E-state index contributed by atoms with van der Waals surface area (Å²) < 4.78 is 23.7. The summed E-state index contributed by atoms with van der Waals surface area (Å²) in [7, 11) is 1.42. The van der Waals surface area contributed by atoms with Gasteiger partial charge in [0.2, 0.25) is 17.5 Å². The van der Waals surface area contributed by atoms with Crippen LogP contribution in [0.25, 0.3) is 0 Å². The second kappa shape index (κ2) is 19.2. The Morgan fingerprint density at radius 2 is 1.52 bits per heavy atom. The third kappa shape index (κ3) is 8.99. The van der Waals surface area contributed by atoms with Gasteiger partial charge in [-0.05, 0) is 58.7 Å². The standard InChI is InChI=1S/C48H64N4O13/c1-24-14-13-15-25(2)45(60)50-35-36(51-21-17-48(18-22-51,46(49)61)52-19-11-10-12-20-52)41(58)32-33(40(35)57)39(56)29(6)43-34(32)44(59)47(8,65-43)63-23-16-31(62-9)26(3)42(64-30(7)53)28(5)38(55)27(4)37(24)54/h13-16,23-24,26-28,31,37-38,42,54-56H,10-12,17-22H2,1-9H3,(H2,49,61)(H,50,60)/b14-13+,23-16+,25-15-/t24-,26+,27+,28-,31-,37-,38-,42+,47-/m0/s1. The molecule has 0 aromatic heterocycles. The molecule has 5 heterocycles. The minimum Gasteiger partial charge on any atom is -0.507 e. The van der Waals surface area contributed by atoms with Crippen LogP contribution in [0.1, 0.15) is 117 Å². The first-order chi connectivity index (χ1) is 30.6. The van der Waals surface area contributed by atoms with E-state index in [0.29, 0.717) is 13.1 Å².